The van der Waals surface area contributed by atoms with E-state index in [1.165, 1.54) is 10.6 Å². The maximum absolute atomic E-state index is 15.3. The van der Waals surface area contributed by atoms with Crippen molar-refractivity contribution < 1.29 is 9.18 Å². The average Bonchev–Trinajstić information content (AvgIpc) is 3.50. The largest absolute Gasteiger partial charge is 0.348 e. The van der Waals surface area contributed by atoms with E-state index in [2.05, 4.69) is 21.2 Å². The molecule has 3 heterocycles. The van der Waals surface area contributed by atoms with Gasteiger partial charge in [-0.15, -0.1) is 0 Å². The first kappa shape index (κ1) is 21.7. The number of aromatic amines is 1. The molecule has 1 saturated carbocycles. The van der Waals surface area contributed by atoms with E-state index in [4.69, 9.17) is 0 Å². The Kier molecular flexibility index (Phi) is 5.24. The first-order valence-electron chi connectivity index (χ1n) is 12.1. The molecule has 2 aromatic carbocycles. The molecule has 2 aromatic heterocycles. The molecule has 6 rings (SSSR count). The molecule has 35 heavy (non-hydrogen) atoms. The van der Waals surface area contributed by atoms with Crippen LogP contribution < -0.4 is 5.69 Å². The standard InChI is InChI=1S/C27H26FN5O2/c1-16-10-21-5-4-20(13-23(21)29-14-16)19-6-7-24(22(28)12-19)33-25(30-31-27(33)35)11-17-8-9-32(15-17)26(34)18-2-3-18/h4-7,10,12-14,17-18H,2-3,8-9,11,15H2,1H3,(H,31,35). The third-order valence-corrected chi connectivity index (χ3v) is 7.08. The zero-order valence-electron chi connectivity index (χ0n) is 19.5. The van der Waals surface area contributed by atoms with Gasteiger partial charge in [0.1, 0.15) is 11.6 Å². The second-order valence-corrected chi connectivity index (χ2v) is 9.78. The predicted octanol–water partition coefficient (Wildman–Crippen LogP) is 4.02. The number of rotatable bonds is 5. The lowest BCUT2D eigenvalue weighted by Crippen LogP contribution is -2.30. The number of fused-ring (bicyclic) bond motifs is 1. The van der Waals surface area contributed by atoms with E-state index in [-0.39, 0.29) is 23.4 Å². The molecule has 0 radical (unpaired) electrons. The van der Waals surface area contributed by atoms with Gasteiger partial charge in [-0.2, -0.15) is 5.10 Å². The Morgan fingerprint density at radius 3 is 2.71 bits per heavy atom. The number of aryl methyl sites for hydroxylation is 1. The molecule has 1 atom stereocenters. The molecule has 1 N–H and O–H groups in total. The minimum absolute atomic E-state index is 0.168. The van der Waals surface area contributed by atoms with Gasteiger partial charge in [0.15, 0.2) is 0 Å². The summed E-state index contributed by atoms with van der Waals surface area (Å²) in [5.74, 6) is 0.626. The van der Waals surface area contributed by atoms with Crippen molar-refractivity contribution >= 4 is 16.8 Å². The molecule has 0 spiro atoms. The Morgan fingerprint density at radius 2 is 1.91 bits per heavy atom. The highest BCUT2D eigenvalue weighted by Crippen LogP contribution is 2.33. The van der Waals surface area contributed by atoms with Gasteiger partial charge < -0.3 is 4.90 Å². The maximum atomic E-state index is 15.3. The summed E-state index contributed by atoms with van der Waals surface area (Å²) in [6.07, 6.45) is 5.15. The number of aromatic nitrogens is 4. The number of carbonyl (C=O) groups excluding carboxylic acids is 1. The Morgan fingerprint density at radius 1 is 1.11 bits per heavy atom. The van der Waals surface area contributed by atoms with E-state index in [0.717, 1.165) is 47.8 Å². The van der Waals surface area contributed by atoms with Crippen molar-refractivity contribution in [2.75, 3.05) is 13.1 Å². The number of H-pyrrole nitrogens is 1. The fraction of sp³-hybridized carbons (Fsp3) is 0.333. The van der Waals surface area contributed by atoms with E-state index >= 15 is 4.39 Å². The summed E-state index contributed by atoms with van der Waals surface area (Å²) in [6.45, 7) is 3.39. The number of likely N-dealkylation sites (tertiary alicyclic amines) is 1. The van der Waals surface area contributed by atoms with Gasteiger partial charge in [-0.25, -0.2) is 18.9 Å². The number of nitrogens with one attached hydrogen (secondary N) is 1. The van der Waals surface area contributed by atoms with E-state index in [1.807, 2.05) is 42.3 Å². The van der Waals surface area contributed by atoms with Crippen LogP contribution in [0.3, 0.4) is 0 Å². The van der Waals surface area contributed by atoms with Gasteiger partial charge in [0, 0.05) is 37.0 Å². The fourth-order valence-electron chi connectivity index (χ4n) is 5.04. The molecule has 8 heteroatoms. The smallest absolute Gasteiger partial charge is 0.342 e. The highest BCUT2D eigenvalue weighted by molar-refractivity contribution is 5.84. The van der Waals surface area contributed by atoms with Gasteiger partial charge in [-0.05, 0) is 73.1 Å². The number of benzene rings is 2. The monoisotopic (exact) mass is 471 g/mol. The molecule has 1 unspecified atom stereocenters. The molecule has 4 aromatic rings. The lowest BCUT2D eigenvalue weighted by molar-refractivity contribution is -0.131. The lowest BCUT2D eigenvalue weighted by atomic mass is 10.0. The number of nitrogens with zero attached hydrogens (tertiary/aromatic N) is 4. The highest BCUT2D eigenvalue weighted by atomic mass is 19.1. The normalized spacial score (nSPS) is 17.9. The molecule has 0 bridgehead atoms. The van der Waals surface area contributed by atoms with Crippen LogP contribution in [-0.2, 0) is 11.2 Å². The summed E-state index contributed by atoms with van der Waals surface area (Å²) >= 11 is 0. The van der Waals surface area contributed by atoms with Crippen LogP contribution in [0.4, 0.5) is 4.39 Å². The molecular weight excluding hydrogens is 445 g/mol. The van der Waals surface area contributed by atoms with Gasteiger partial charge in [0.05, 0.1) is 11.2 Å². The van der Waals surface area contributed by atoms with E-state index < -0.39 is 11.5 Å². The second kappa shape index (κ2) is 8.45. The van der Waals surface area contributed by atoms with Crippen LogP contribution in [0.25, 0.3) is 27.7 Å². The maximum Gasteiger partial charge on any atom is 0.348 e. The van der Waals surface area contributed by atoms with Gasteiger partial charge in [0.2, 0.25) is 5.91 Å². The number of halogens is 1. The molecule has 2 aliphatic rings. The first-order valence-corrected chi connectivity index (χ1v) is 12.1. The molecular formula is C27H26FN5O2. The summed E-state index contributed by atoms with van der Waals surface area (Å²) in [4.78, 5) is 31.3. The molecule has 7 nitrogen and oxygen atoms in total. The van der Waals surface area contributed by atoms with Crippen LogP contribution in [0.2, 0.25) is 0 Å². The minimum Gasteiger partial charge on any atom is -0.342 e. The van der Waals surface area contributed by atoms with Crippen molar-refractivity contribution in [3.63, 3.8) is 0 Å². The molecule has 2 fully saturated rings. The third-order valence-electron chi connectivity index (χ3n) is 7.08. The zero-order valence-corrected chi connectivity index (χ0v) is 19.5. The molecule has 1 amide bonds. The van der Waals surface area contributed by atoms with Crippen molar-refractivity contribution in [2.45, 2.75) is 32.6 Å². The van der Waals surface area contributed by atoms with Crippen molar-refractivity contribution in [3.8, 4) is 16.8 Å². The van der Waals surface area contributed by atoms with Crippen molar-refractivity contribution in [2.24, 2.45) is 11.8 Å². The minimum atomic E-state index is -0.499. The summed E-state index contributed by atoms with van der Waals surface area (Å²) in [7, 11) is 0. The number of hydrogen-bond donors (Lipinski definition) is 1. The van der Waals surface area contributed by atoms with E-state index in [1.54, 1.807) is 6.07 Å². The van der Waals surface area contributed by atoms with Crippen molar-refractivity contribution in [1.29, 1.82) is 0 Å². The Hall–Kier alpha value is -3.81. The van der Waals surface area contributed by atoms with Gasteiger partial charge in [-0.3, -0.25) is 9.78 Å². The topological polar surface area (TPSA) is 83.9 Å². The van der Waals surface area contributed by atoms with Gasteiger partial charge in [0.25, 0.3) is 0 Å². The van der Waals surface area contributed by atoms with Crippen LogP contribution in [-0.4, -0.2) is 43.6 Å². The molecule has 178 valence electrons. The number of hydrogen-bond acceptors (Lipinski definition) is 4. The van der Waals surface area contributed by atoms with E-state index in [0.29, 0.717) is 24.4 Å². The zero-order chi connectivity index (χ0) is 24.1. The highest BCUT2D eigenvalue weighted by Gasteiger charge is 2.37. The third kappa shape index (κ3) is 4.13. The molecule has 1 aliphatic heterocycles. The van der Waals surface area contributed by atoms with Crippen molar-refractivity contribution in [1.82, 2.24) is 24.6 Å². The number of pyridine rings is 1. The number of amides is 1. The summed E-state index contributed by atoms with van der Waals surface area (Å²) in [5, 5.41) is 7.69. The predicted molar refractivity (Wildman–Crippen MR) is 131 cm³/mol. The van der Waals surface area contributed by atoms with Crippen LogP contribution in [0, 0.1) is 24.6 Å². The van der Waals surface area contributed by atoms with Crippen molar-refractivity contribution in [3.05, 3.63) is 76.4 Å². The lowest BCUT2D eigenvalue weighted by Gasteiger charge is -2.16. The summed E-state index contributed by atoms with van der Waals surface area (Å²) < 4.78 is 16.6. The van der Waals surface area contributed by atoms with Crippen LogP contribution in [0.15, 0.2) is 53.5 Å². The summed E-state index contributed by atoms with van der Waals surface area (Å²) in [5.41, 5.74) is 3.18. The van der Waals surface area contributed by atoms with Crippen LogP contribution >= 0.6 is 0 Å². The molecule has 1 saturated heterocycles. The average molecular weight is 472 g/mol. The number of carbonyl (C=O) groups is 1. The van der Waals surface area contributed by atoms with Gasteiger partial charge in [-0.1, -0.05) is 18.2 Å². The molecule has 1 aliphatic carbocycles. The van der Waals surface area contributed by atoms with Crippen LogP contribution in [0.1, 0.15) is 30.7 Å². The second-order valence-electron chi connectivity index (χ2n) is 9.78. The quantitative estimate of drug-likeness (QED) is 0.477. The van der Waals surface area contributed by atoms with Crippen LogP contribution in [0.5, 0.6) is 0 Å². The first-order chi connectivity index (χ1) is 17.0. The Bertz CT molecular complexity index is 1500. The Labute approximate surface area is 201 Å². The SMILES string of the molecule is Cc1cnc2cc(-c3ccc(-n4c(CC5CCN(C(=O)C6CC6)C5)n[nH]c4=O)c(F)c3)ccc2c1. The van der Waals surface area contributed by atoms with Gasteiger partial charge >= 0.3 is 5.69 Å². The fourth-order valence-corrected chi connectivity index (χ4v) is 5.04. The Balaban J connectivity index is 1.26. The summed E-state index contributed by atoms with van der Waals surface area (Å²) in [6, 6.07) is 12.8. The van der Waals surface area contributed by atoms with E-state index in [9.17, 15) is 9.59 Å².